The number of nitrogen functional groups attached to an aromatic ring is 1. The minimum atomic E-state index is -0.350. The Labute approximate surface area is 143 Å². The largest absolute Gasteiger partial charge is 0.429 e. The molecule has 4 rings (SSSR count). The number of oxazole rings is 1. The van der Waals surface area contributed by atoms with Crippen LogP contribution in [-0.2, 0) is 0 Å². The van der Waals surface area contributed by atoms with Crippen molar-refractivity contribution in [3.63, 3.8) is 0 Å². The number of halogens is 2. The summed E-state index contributed by atoms with van der Waals surface area (Å²) in [5.41, 5.74) is 9.47. The van der Waals surface area contributed by atoms with Gasteiger partial charge in [0.05, 0.1) is 0 Å². The zero-order chi connectivity index (χ0) is 16.8. The Morgan fingerprint density at radius 1 is 1.17 bits per heavy atom. The zero-order valence-electron chi connectivity index (χ0n) is 13.0. The van der Waals surface area contributed by atoms with Crippen LogP contribution in [0.1, 0.15) is 30.2 Å². The number of benzene rings is 1. The quantitative estimate of drug-likeness (QED) is 0.682. The van der Waals surface area contributed by atoms with Crippen LogP contribution in [0.2, 0.25) is 5.15 Å². The lowest BCUT2D eigenvalue weighted by atomic mass is 9.96. The van der Waals surface area contributed by atoms with E-state index >= 15 is 0 Å². The lowest BCUT2D eigenvalue weighted by Crippen LogP contribution is -1.93. The van der Waals surface area contributed by atoms with Gasteiger partial charge in [0.1, 0.15) is 22.4 Å². The summed E-state index contributed by atoms with van der Waals surface area (Å²) in [7, 11) is 0. The molecule has 1 aliphatic rings. The van der Waals surface area contributed by atoms with Gasteiger partial charge in [-0.15, -0.1) is 0 Å². The van der Waals surface area contributed by atoms with E-state index in [9.17, 15) is 4.39 Å². The summed E-state index contributed by atoms with van der Waals surface area (Å²) in [5, 5.41) is 0.432. The van der Waals surface area contributed by atoms with E-state index in [0.717, 1.165) is 29.7 Å². The predicted octanol–water partition coefficient (Wildman–Crippen LogP) is 4.96. The fourth-order valence-corrected chi connectivity index (χ4v) is 3.11. The van der Waals surface area contributed by atoms with Gasteiger partial charge >= 0.3 is 0 Å². The van der Waals surface area contributed by atoms with Gasteiger partial charge in [-0.1, -0.05) is 17.7 Å². The third-order valence-corrected chi connectivity index (χ3v) is 4.36. The highest BCUT2D eigenvalue weighted by Gasteiger charge is 2.26. The smallest absolute Gasteiger partial charge is 0.292 e. The third kappa shape index (κ3) is 2.76. The predicted molar refractivity (Wildman–Crippen MR) is 91.3 cm³/mol. The van der Waals surface area contributed by atoms with Crippen molar-refractivity contribution in [1.82, 2.24) is 9.97 Å². The van der Waals surface area contributed by atoms with Crippen molar-refractivity contribution in [2.24, 2.45) is 0 Å². The van der Waals surface area contributed by atoms with Gasteiger partial charge in [0.2, 0.25) is 0 Å². The number of hydrogen-bond acceptors (Lipinski definition) is 4. The first-order valence-corrected chi connectivity index (χ1v) is 8.10. The molecule has 0 spiro atoms. The number of hydrogen-bond donors (Lipinski definition) is 1. The van der Waals surface area contributed by atoms with Crippen LogP contribution in [0.4, 0.5) is 10.4 Å². The van der Waals surface area contributed by atoms with Crippen molar-refractivity contribution in [3.8, 4) is 22.4 Å². The molecule has 1 fully saturated rings. The molecule has 1 aliphatic carbocycles. The second-order valence-electron chi connectivity index (χ2n) is 6.02. The SMILES string of the molecule is Cc1oc(N)nc1-c1cc(F)ccc1-c1cc(Cl)nc(C2CC2)c1. The molecule has 0 radical (unpaired) electrons. The highest BCUT2D eigenvalue weighted by molar-refractivity contribution is 6.29. The van der Waals surface area contributed by atoms with Gasteiger partial charge < -0.3 is 10.2 Å². The molecule has 122 valence electrons. The molecule has 2 heterocycles. The summed E-state index contributed by atoms with van der Waals surface area (Å²) < 4.78 is 19.2. The third-order valence-electron chi connectivity index (χ3n) is 4.17. The molecule has 2 aromatic heterocycles. The van der Waals surface area contributed by atoms with Gasteiger partial charge in [-0.25, -0.2) is 9.37 Å². The lowest BCUT2D eigenvalue weighted by molar-refractivity contribution is 0.549. The van der Waals surface area contributed by atoms with Crippen molar-refractivity contribution in [3.05, 3.63) is 52.8 Å². The molecule has 1 saturated carbocycles. The number of aromatic nitrogens is 2. The van der Waals surface area contributed by atoms with Crippen LogP contribution < -0.4 is 5.73 Å². The normalized spacial score (nSPS) is 14.1. The average Bonchev–Trinajstić information content (AvgIpc) is 3.31. The number of anilines is 1. The minimum Gasteiger partial charge on any atom is -0.429 e. The Balaban J connectivity index is 1.91. The lowest BCUT2D eigenvalue weighted by Gasteiger charge is -2.11. The van der Waals surface area contributed by atoms with Gasteiger partial charge in [0.25, 0.3) is 6.01 Å². The molecule has 4 nitrogen and oxygen atoms in total. The fourth-order valence-electron chi connectivity index (χ4n) is 2.89. The van der Waals surface area contributed by atoms with Gasteiger partial charge in [0, 0.05) is 17.2 Å². The Morgan fingerprint density at radius 2 is 1.96 bits per heavy atom. The monoisotopic (exact) mass is 343 g/mol. The van der Waals surface area contributed by atoms with Crippen LogP contribution in [0.15, 0.2) is 34.7 Å². The minimum absolute atomic E-state index is 0.0594. The molecule has 0 atom stereocenters. The second kappa shape index (κ2) is 5.60. The van der Waals surface area contributed by atoms with Crippen molar-refractivity contribution in [1.29, 1.82) is 0 Å². The van der Waals surface area contributed by atoms with Crippen LogP contribution >= 0.6 is 11.6 Å². The summed E-state index contributed by atoms with van der Waals surface area (Å²) >= 11 is 6.20. The van der Waals surface area contributed by atoms with E-state index in [4.69, 9.17) is 21.8 Å². The Hall–Kier alpha value is -2.40. The number of rotatable bonds is 3. The molecule has 1 aromatic carbocycles. The first-order valence-electron chi connectivity index (χ1n) is 7.72. The first kappa shape index (κ1) is 15.1. The van der Waals surface area contributed by atoms with E-state index < -0.39 is 0 Å². The molecule has 6 heteroatoms. The fraction of sp³-hybridized carbons (Fsp3) is 0.222. The molecule has 3 aromatic rings. The van der Waals surface area contributed by atoms with Crippen molar-refractivity contribution in [2.45, 2.75) is 25.7 Å². The van der Waals surface area contributed by atoms with Crippen LogP contribution in [0, 0.1) is 12.7 Å². The van der Waals surface area contributed by atoms with E-state index in [1.54, 1.807) is 19.1 Å². The number of aryl methyl sites for hydroxylation is 1. The van der Waals surface area contributed by atoms with Gasteiger partial charge in [0.15, 0.2) is 0 Å². The van der Waals surface area contributed by atoms with Crippen LogP contribution in [-0.4, -0.2) is 9.97 Å². The summed E-state index contributed by atoms with van der Waals surface area (Å²) in [6.07, 6.45) is 2.25. The molecule has 2 N–H and O–H groups in total. The first-order chi connectivity index (χ1) is 11.5. The van der Waals surface area contributed by atoms with Crippen LogP contribution in [0.25, 0.3) is 22.4 Å². The highest BCUT2D eigenvalue weighted by atomic mass is 35.5. The second-order valence-corrected chi connectivity index (χ2v) is 6.41. The maximum atomic E-state index is 13.9. The van der Waals surface area contributed by atoms with Crippen LogP contribution in [0.5, 0.6) is 0 Å². The molecule has 0 aliphatic heterocycles. The molecule has 0 amide bonds. The Morgan fingerprint density at radius 3 is 2.62 bits per heavy atom. The van der Waals surface area contributed by atoms with E-state index in [2.05, 4.69) is 9.97 Å². The van der Waals surface area contributed by atoms with Gasteiger partial charge in [-0.05, 0) is 55.2 Å². The van der Waals surface area contributed by atoms with Gasteiger partial charge in [-0.3, -0.25) is 0 Å². The Kier molecular flexibility index (Phi) is 3.53. The summed E-state index contributed by atoms with van der Waals surface area (Å²) in [6.45, 7) is 1.75. The average molecular weight is 344 g/mol. The molecule has 24 heavy (non-hydrogen) atoms. The standard InChI is InChI=1S/C18H15ClFN3O/c1-9-17(23-18(21)24-9)14-8-12(20)4-5-13(14)11-6-15(10-2-3-10)22-16(19)7-11/h4-8,10H,2-3H2,1H3,(H2,21,23). The van der Waals surface area contributed by atoms with Crippen molar-refractivity contribution in [2.75, 3.05) is 5.73 Å². The summed E-state index contributed by atoms with van der Waals surface area (Å²) in [4.78, 5) is 8.60. The summed E-state index contributed by atoms with van der Waals surface area (Å²) in [6, 6.07) is 8.43. The highest BCUT2D eigenvalue weighted by Crippen LogP contribution is 2.42. The topological polar surface area (TPSA) is 64.9 Å². The molecular weight excluding hydrogens is 329 g/mol. The van der Waals surface area contributed by atoms with E-state index in [1.807, 2.05) is 6.07 Å². The molecule has 0 unspecified atom stereocenters. The molecule has 0 saturated heterocycles. The van der Waals surface area contributed by atoms with Crippen LogP contribution in [0.3, 0.4) is 0 Å². The van der Waals surface area contributed by atoms with E-state index in [-0.39, 0.29) is 11.8 Å². The van der Waals surface area contributed by atoms with E-state index in [1.165, 1.54) is 12.1 Å². The Bertz CT molecular complexity index is 934. The number of nitrogens with zero attached hydrogens (tertiary/aromatic N) is 2. The maximum Gasteiger partial charge on any atom is 0.292 e. The van der Waals surface area contributed by atoms with Crippen molar-refractivity contribution < 1.29 is 8.81 Å². The molecular formula is C18H15ClFN3O. The number of nitrogens with two attached hydrogens (primary N) is 1. The summed E-state index contributed by atoms with van der Waals surface area (Å²) in [5.74, 6) is 0.662. The molecule has 0 bridgehead atoms. The van der Waals surface area contributed by atoms with E-state index in [0.29, 0.717) is 28.1 Å². The number of pyridine rings is 1. The van der Waals surface area contributed by atoms with Crippen molar-refractivity contribution >= 4 is 17.6 Å². The maximum absolute atomic E-state index is 13.9. The zero-order valence-corrected chi connectivity index (χ0v) is 13.8. The van der Waals surface area contributed by atoms with Gasteiger partial charge in [-0.2, -0.15) is 4.98 Å².